The Bertz CT molecular complexity index is 337. The molecule has 0 spiro atoms. The highest BCUT2D eigenvalue weighted by Crippen LogP contribution is 2.21. The van der Waals surface area contributed by atoms with Crippen LogP contribution in [0.2, 0.25) is 0 Å². The molecule has 0 heterocycles. The monoisotopic (exact) mass is 257 g/mol. The van der Waals surface area contributed by atoms with Crippen LogP contribution in [-0.2, 0) is 4.74 Å². The Hall–Kier alpha value is -1.00. The van der Waals surface area contributed by atoms with E-state index in [9.17, 15) is 8.78 Å². The summed E-state index contributed by atoms with van der Waals surface area (Å²) in [5, 5.41) is 3.31. The van der Waals surface area contributed by atoms with Gasteiger partial charge < -0.3 is 10.1 Å². The van der Waals surface area contributed by atoms with Gasteiger partial charge in [0.1, 0.15) is 11.6 Å². The van der Waals surface area contributed by atoms with Gasteiger partial charge in [-0.1, -0.05) is 6.92 Å². The van der Waals surface area contributed by atoms with Crippen LogP contribution < -0.4 is 5.32 Å². The molecule has 0 aliphatic heterocycles. The van der Waals surface area contributed by atoms with Crippen molar-refractivity contribution in [2.75, 3.05) is 20.3 Å². The average Bonchev–Trinajstić information content (AvgIpc) is 2.32. The Morgan fingerprint density at radius 3 is 2.44 bits per heavy atom. The smallest absolute Gasteiger partial charge is 0.126 e. The normalized spacial score (nSPS) is 12.7. The summed E-state index contributed by atoms with van der Waals surface area (Å²) < 4.78 is 31.4. The van der Waals surface area contributed by atoms with E-state index in [1.807, 2.05) is 0 Å². The molecule has 2 nitrogen and oxygen atoms in total. The van der Waals surface area contributed by atoms with E-state index in [-0.39, 0.29) is 6.04 Å². The number of methoxy groups -OCH3 is 1. The molecule has 102 valence electrons. The van der Waals surface area contributed by atoms with Crippen LogP contribution >= 0.6 is 0 Å². The average molecular weight is 257 g/mol. The molecule has 0 saturated carbocycles. The summed E-state index contributed by atoms with van der Waals surface area (Å²) in [4.78, 5) is 0. The standard InChI is InChI=1S/C14H21F2NO/c1-3-6-17-14(5-4-7-18-2)11-8-12(15)10-13(16)9-11/h8-10,14,17H,3-7H2,1-2H3. The fourth-order valence-corrected chi connectivity index (χ4v) is 1.91. The molecule has 1 aromatic rings. The van der Waals surface area contributed by atoms with Gasteiger partial charge in [-0.15, -0.1) is 0 Å². The van der Waals surface area contributed by atoms with E-state index in [0.29, 0.717) is 12.2 Å². The van der Waals surface area contributed by atoms with Crippen LogP contribution in [-0.4, -0.2) is 20.3 Å². The first-order valence-electron chi connectivity index (χ1n) is 6.35. The van der Waals surface area contributed by atoms with E-state index < -0.39 is 11.6 Å². The summed E-state index contributed by atoms with van der Waals surface area (Å²) in [6, 6.07) is 3.66. The van der Waals surface area contributed by atoms with E-state index in [4.69, 9.17) is 4.74 Å². The molecule has 0 aliphatic carbocycles. The number of ether oxygens (including phenoxy) is 1. The maximum absolute atomic E-state index is 13.2. The number of rotatable bonds is 8. The van der Waals surface area contributed by atoms with Gasteiger partial charge in [0.15, 0.2) is 0 Å². The molecule has 0 amide bonds. The maximum atomic E-state index is 13.2. The lowest BCUT2D eigenvalue weighted by molar-refractivity contribution is 0.188. The first kappa shape index (κ1) is 15.1. The van der Waals surface area contributed by atoms with Crippen LogP contribution in [0.1, 0.15) is 37.8 Å². The van der Waals surface area contributed by atoms with Crippen LogP contribution in [0.4, 0.5) is 8.78 Å². The lowest BCUT2D eigenvalue weighted by Gasteiger charge is -2.19. The molecule has 1 N–H and O–H groups in total. The summed E-state index contributed by atoms with van der Waals surface area (Å²) >= 11 is 0. The number of halogens is 2. The van der Waals surface area contributed by atoms with Crippen LogP contribution in [0, 0.1) is 11.6 Å². The maximum Gasteiger partial charge on any atom is 0.126 e. The molecule has 1 aromatic carbocycles. The van der Waals surface area contributed by atoms with Gasteiger partial charge in [-0.05, 0) is 43.5 Å². The summed E-state index contributed by atoms with van der Waals surface area (Å²) in [7, 11) is 1.65. The minimum absolute atomic E-state index is 0.0229. The van der Waals surface area contributed by atoms with Crippen molar-refractivity contribution < 1.29 is 13.5 Å². The second kappa shape index (κ2) is 8.16. The Kier molecular flexibility index (Phi) is 6.83. The zero-order chi connectivity index (χ0) is 13.4. The molecule has 0 saturated heterocycles. The molecular formula is C14H21F2NO. The van der Waals surface area contributed by atoms with Crippen LogP contribution in [0.15, 0.2) is 18.2 Å². The highest BCUT2D eigenvalue weighted by Gasteiger charge is 2.12. The van der Waals surface area contributed by atoms with Crippen LogP contribution in [0.3, 0.4) is 0 Å². The van der Waals surface area contributed by atoms with Gasteiger partial charge in [0.25, 0.3) is 0 Å². The molecule has 1 unspecified atom stereocenters. The third-order valence-electron chi connectivity index (χ3n) is 2.77. The van der Waals surface area contributed by atoms with Crippen LogP contribution in [0.5, 0.6) is 0 Å². The van der Waals surface area contributed by atoms with Gasteiger partial charge in [-0.25, -0.2) is 8.78 Å². The molecule has 1 rings (SSSR count). The Morgan fingerprint density at radius 2 is 1.89 bits per heavy atom. The quantitative estimate of drug-likeness (QED) is 0.720. The second-order valence-electron chi connectivity index (χ2n) is 4.34. The third-order valence-corrected chi connectivity index (χ3v) is 2.77. The van der Waals surface area contributed by atoms with Gasteiger partial charge in [0.05, 0.1) is 0 Å². The van der Waals surface area contributed by atoms with Crippen molar-refractivity contribution in [3.63, 3.8) is 0 Å². The summed E-state index contributed by atoms with van der Waals surface area (Å²) in [5.74, 6) is -1.06. The van der Waals surface area contributed by atoms with E-state index in [1.165, 1.54) is 12.1 Å². The van der Waals surface area contributed by atoms with Crippen molar-refractivity contribution in [1.82, 2.24) is 5.32 Å². The second-order valence-corrected chi connectivity index (χ2v) is 4.34. The van der Waals surface area contributed by atoms with Crippen molar-refractivity contribution in [3.8, 4) is 0 Å². The van der Waals surface area contributed by atoms with E-state index >= 15 is 0 Å². The SMILES string of the molecule is CCCNC(CCCOC)c1cc(F)cc(F)c1. The summed E-state index contributed by atoms with van der Waals surface area (Å²) in [6.45, 7) is 3.54. The molecule has 0 aromatic heterocycles. The minimum Gasteiger partial charge on any atom is -0.385 e. The highest BCUT2D eigenvalue weighted by molar-refractivity contribution is 5.21. The van der Waals surface area contributed by atoms with Crippen molar-refractivity contribution >= 4 is 0 Å². The Balaban J connectivity index is 2.72. The minimum atomic E-state index is -0.528. The van der Waals surface area contributed by atoms with Gasteiger partial charge >= 0.3 is 0 Å². The number of nitrogens with one attached hydrogen (secondary N) is 1. The van der Waals surface area contributed by atoms with Gasteiger partial charge in [0, 0.05) is 25.8 Å². The summed E-state index contributed by atoms with van der Waals surface area (Å²) in [5.41, 5.74) is 0.664. The number of hydrogen-bond donors (Lipinski definition) is 1. The van der Waals surface area contributed by atoms with Crippen molar-refractivity contribution in [1.29, 1.82) is 0 Å². The fourth-order valence-electron chi connectivity index (χ4n) is 1.91. The lowest BCUT2D eigenvalue weighted by Crippen LogP contribution is -2.22. The topological polar surface area (TPSA) is 21.3 Å². The highest BCUT2D eigenvalue weighted by atomic mass is 19.1. The number of benzene rings is 1. The molecule has 0 fully saturated rings. The van der Waals surface area contributed by atoms with Gasteiger partial charge in [-0.3, -0.25) is 0 Å². The predicted molar refractivity (Wildman–Crippen MR) is 68.5 cm³/mol. The lowest BCUT2D eigenvalue weighted by atomic mass is 10.0. The molecule has 0 bridgehead atoms. The van der Waals surface area contributed by atoms with E-state index in [0.717, 1.165) is 31.9 Å². The number of hydrogen-bond acceptors (Lipinski definition) is 2. The van der Waals surface area contributed by atoms with Crippen LogP contribution in [0.25, 0.3) is 0 Å². The molecule has 18 heavy (non-hydrogen) atoms. The molecule has 0 aliphatic rings. The van der Waals surface area contributed by atoms with E-state index in [1.54, 1.807) is 7.11 Å². The molecule has 0 radical (unpaired) electrons. The summed E-state index contributed by atoms with van der Waals surface area (Å²) in [6.07, 6.45) is 2.64. The van der Waals surface area contributed by atoms with Crippen molar-refractivity contribution in [2.24, 2.45) is 0 Å². The zero-order valence-corrected chi connectivity index (χ0v) is 11.0. The molecular weight excluding hydrogens is 236 g/mol. The third kappa shape index (κ3) is 5.10. The molecule has 4 heteroatoms. The first-order valence-corrected chi connectivity index (χ1v) is 6.35. The first-order chi connectivity index (χ1) is 8.67. The zero-order valence-electron chi connectivity index (χ0n) is 11.0. The Labute approximate surface area is 107 Å². The van der Waals surface area contributed by atoms with Gasteiger partial charge in [0.2, 0.25) is 0 Å². The Morgan fingerprint density at radius 1 is 1.22 bits per heavy atom. The fraction of sp³-hybridized carbons (Fsp3) is 0.571. The van der Waals surface area contributed by atoms with Gasteiger partial charge in [-0.2, -0.15) is 0 Å². The largest absolute Gasteiger partial charge is 0.385 e. The van der Waals surface area contributed by atoms with Crippen molar-refractivity contribution in [2.45, 2.75) is 32.2 Å². The van der Waals surface area contributed by atoms with E-state index in [2.05, 4.69) is 12.2 Å². The predicted octanol–water partition coefficient (Wildman–Crippen LogP) is 3.43. The molecule has 1 atom stereocenters. The van der Waals surface area contributed by atoms with Crippen molar-refractivity contribution in [3.05, 3.63) is 35.4 Å².